The molecule has 1 aromatic heterocycles. The Morgan fingerprint density at radius 1 is 1.09 bits per heavy atom. The van der Waals surface area contributed by atoms with Crippen molar-refractivity contribution in [2.45, 2.75) is 20.3 Å². The molecular weight excluding hydrogens is 422 g/mol. The van der Waals surface area contributed by atoms with Crippen molar-refractivity contribution in [2.24, 2.45) is 0 Å². The lowest BCUT2D eigenvalue weighted by atomic mass is 10.1. The molecule has 0 unspecified atom stereocenters. The number of nitriles is 1. The number of aromatic nitrogens is 1. The molecule has 3 rings (SSSR count). The number of rotatable bonds is 10. The van der Waals surface area contributed by atoms with Crippen LogP contribution in [0.4, 0.5) is 5.82 Å². The Kier molecular flexibility index (Phi) is 8.08. The Morgan fingerprint density at radius 3 is 2.52 bits per heavy atom. The summed E-state index contributed by atoms with van der Waals surface area (Å²) in [6.45, 7) is 4.68. The van der Waals surface area contributed by atoms with Crippen LogP contribution >= 0.6 is 0 Å². The van der Waals surface area contributed by atoms with Crippen molar-refractivity contribution in [3.63, 3.8) is 0 Å². The Labute approximate surface area is 192 Å². The molecule has 0 saturated heterocycles. The van der Waals surface area contributed by atoms with E-state index in [4.69, 9.17) is 18.7 Å². The van der Waals surface area contributed by atoms with E-state index in [-0.39, 0.29) is 11.4 Å². The van der Waals surface area contributed by atoms with E-state index in [0.717, 1.165) is 11.3 Å². The molecule has 8 heteroatoms. The van der Waals surface area contributed by atoms with Gasteiger partial charge in [0.05, 0.1) is 20.3 Å². The van der Waals surface area contributed by atoms with Crippen LogP contribution in [0.25, 0.3) is 6.08 Å². The van der Waals surface area contributed by atoms with Gasteiger partial charge in [0.2, 0.25) is 0 Å². The van der Waals surface area contributed by atoms with Crippen molar-refractivity contribution >= 4 is 17.8 Å². The summed E-state index contributed by atoms with van der Waals surface area (Å²) in [6, 6.07) is 16.5. The largest absolute Gasteiger partial charge is 0.493 e. The summed E-state index contributed by atoms with van der Waals surface area (Å²) in [6.07, 6.45) is 2.16. The van der Waals surface area contributed by atoms with E-state index < -0.39 is 5.91 Å². The average molecular weight is 447 g/mol. The first kappa shape index (κ1) is 23.4. The zero-order valence-corrected chi connectivity index (χ0v) is 18.8. The van der Waals surface area contributed by atoms with Crippen molar-refractivity contribution in [1.82, 2.24) is 5.16 Å². The second-order valence-corrected chi connectivity index (χ2v) is 7.17. The number of amides is 1. The average Bonchev–Trinajstić information content (AvgIpc) is 3.23. The van der Waals surface area contributed by atoms with Crippen LogP contribution in [0.5, 0.6) is 17.2 Å². The van der Waals surface area contributed by atoms with Gasteiger partial charge < -0.3 is 24.1 Å². The van der Waals surface area contributed by atoms with E-state index in [0.29, 0.717) is 42.5 Å². The molecule has 0 radical (unpaired) electrons. The maximum atomic E-state index is 12.4. The number of anilines is 1. The van der Waals surface area contributed by atoms with Gasteiger partial charge in [0.1, 0.15) is 23.2 Å². The van der Waals surface area contributed by atoms with E-state index in [1.165, 1.54) is 13.2 Å². The molecule has 0 aliphatic heterocycles. The molecule has 1 amide bonds. The molecule has 0 atom stereocenters. The summed E-state index contributed by atoms with van der Waals surface area (Å²) < 4.78 is 21.9. The highest BCUT2D eigenvalue weighted by Gasteiger charge is 2.13. The fraction of sp³-hybridized carbons (Fsp3) is 0.240. The number of aryl methyl sites for hydroxylation is 2. The molecule has 0 aliphatic carbocycles. The normalized spacial score (nSPS) is 10.9. The summed E-state index contributed by atoms with van der Waals surface area (Å²) in [5, 5.41) is 15.6. The highest BCUT2D eigenvalue weighted by atomic mass is 16.5. The van der Waals surface area contributed by atoms with Gasteiger partial charge in [-0.15, -0.1) is 0 Å². The fourth-order valence-corrected chi connectivity index (χ4v) is 2.96. The second-order valence-electron chi connectivity index (χ2n) is 7.17. The van der Waals surface area contributed by atoms with Crippen LogP contribution < -0.4 is 19.5 Å². The van der Waals surface area contributed by atoms with Crippen molar-refractivity contribution < 1.29 is 23.5 Å². The number of para-hydroxylation sites is 1. The number of ether oxygens (including phenoxy) is 3. The molecule has 170 valence electrons. The number of hydrogen-bond donors (Lipinski definition) is 1. The molecule has 2 aromatic carbocycles. The molecule has 33 heavy (non-hydrogen) atoms. The maximum absolute atomic E-state index is 12.4. The highest BCUT2D eigenvalue weighted by Crippen LogP contribution is 2.29. The number of nitrogens with zero attached hydrogens (tertiary/aromatic N) is 2. The standard InChI is InChI=1S/C25H25N3O5/c1-17-7-4-5-8-21(17)31-11-6-12-32-22-10-9-19(15-23(22)30-3)14-20(16-26)25(29)27-24-13-18(2)33-28-24/h4-5,7-10,13-15H,6,11-12H2,1-3H3,(H,27,28,29)/b20-14-. The molecule has 0 aliphatic rings. The zero-order chi connectivity index (χ0) is 23.6. The predicted octanol–water partition coefficient (Wildman–Crippen LogP) is 4.69. The topological polar surface area (TPSA) is 107 Å². The quantitative estimate of drug-likeness (QED) is 0.273. The molecule has 0 saturated carbocycles. The van der Waals surface area contributed by atoms with Gasteiger partial charge in [-0.05, 0) is 49.2 Å². The SMILES string of the molecule is COc1cc(/C=C(/C#N)C(=O)Nc2cc(C)on2)ccc1OCCCOc1ccccc1C. The number of hydrogen-bond acceptors (Lipinski definition) is 7. The molecule has 0 bridgehead atoms. The first-order valence-corrected chi connectivity index (χ1v) is 10.4. The number of nitrogens with one attached hydrogen (secondary N) is 1. The lowest BCUT2D eigenvalue weighted by Gasteiger charge is -2.12. The van der Waals surface area contributed by atoms with Crippen LogP contribution in [0.3, 0.4) is 0 Å². The lowest BCUT2D eigenvalue weighted by molar-refractivity contribution is -0.112. The number of benzene rings is 2. The van der Waals surface area contributed by atoms with Gasteiger partial charge in [0, 0.05) is 12.5 Å². The van der Waals surface area contributed by atoms with Crippen molar-refractivity contribution in [1.29, 1.82) is 5.26 Å². The number of carbonyl (C=O) groups excluding carboxylic acids is 1. The van der Waals surface area contributed by atoms with Gasteiger partial charge in [-0.2, -0.15) is 5.26 Å². The van der Waals surface area contributed by atoms with E-state index in [1.807, 2.05) is 37.3 Å². The number of carbonyl (C=O) groups is 1. The van der Waals surface area contributed by atoms with E-state index in [1.54, 1.807) is 31.2 Å². The van der Waals surface area contributed by atoms with Crippen LogP contribution in [0, 0.1) is 25.2 Å². The zero-order valence-electron chi connectivity index (χ0n) is 18.8. The summed E-state index contributed by atoms with van der Waals surface area (Å²) in [5.41, 5.74) is 1.62. The van der Waals surface area contributed by atoms with Crippen molar-refractivity contribution in [2.75, 3.05) is 25.6 Å². The van der Waals surface area contributed by atoms with Crippen molar-refractivity contribution in [3.8, 4) is 23.3 Å². The van der Waals surface area contributed by atoms with E-state index in [2.05, 4.69) is 10.5 Å². The molecular formula is C25H25N3O5. The minimum Gasteiger partial charge on any atom is -0.493 e. The summed E-state index contributed by atoms with van der Waals surface area (Å²) in [4.78, 5) is 12.4. The molecule has 3 aromatic rings. The fourth-order valence-electron chi connectivity index (χ4n) is 2.96. The third-order valence-corrected chi connectivity index (χ3v) is 4.63. The molecule has 0 fully saturated rings. The predicted molar refractivity (Wildman–Crippen MR) is 123 cm³/mol. The van der Waals surface area contributed by atoms with Gasteiger partial charge in [-0.3, -0.25) is 4.79 Å². The minimum absolute atomic E-state index is 0.0836. The minimum atomic E-state index is -0.584. The van der Waals surface area contributed by atoms with Gasteiger partial charge in [-0.1, -0.05) is 29.4 Å². The van der Waals surface area contributed by atoms with Gasteiger partial charge in [0.25, 0.3) is 5.91 Å². The molecule has 8 nitrogen and oxygen atoms in total. The summed E-state index contributed by atoms with van der Waals surface area (Å²) >= 11 is 0. The van der Waals surface area contributed by atoms with E-state index >= 15 is 0 Å². The van der Waals surface area contributed by atoms with E-state index in [9.17, 15) is 10.1 Å². The maximum Gasteiger partial charge on any atom is 0.267 e. The van der Waals surface area contributed by atoms with Gasteiger partial charge in [0.15, 0.2) is 17.3 Å². The van der Waals surface area contributed by atoms with Gasteiger partial charge in [-0.25, -0.2) is 0 Å². The lowest BCUT2D eigenvalue weighted by Crippen LogP contribution is -2.13. The van der Waals surface area contributed by atoms with Gasteiger partial charge >= 0.3 is 0 Å². The van der Waals surface area contributed by atoms with Crippen LogP contribution in [-0.4, -0.2) is 31.4 Å². The Morgan fingerprint density at radius 2 is 1.85 bits per heavy atom. The molecule has 0 spiro atoms. The summed E-state index contributed by atoms with van der Waals surface area (Å²) in [7, 11) is 1.53. The van der Waals surface area contributed by atoms with Crippen LogP contribution in [0.15, 0.2) is 58.6 Å². The van der Waals surface area contributed by atoms with Crippen molar-refractivity contribution in [3.05, 3.63) is 71.0 Å². The number of methoxy groups -OCH3 is 1. The first-order valence-electron chi connectivity index (χ1n) is 10.4. The molecule has 1 heterocycles. The van der Waals surface area contributed by atoms with Crippen LogP contribution in [0.1, 0.15) is 23.3 Å². The Balaban J connectivity index is 1.58. The second kappa shape index (κ2) is 11.4. The smallest absolute Gasteiger partial charge is 0.267 e. The Hall–Kier alpha value is -4.25. The van der Waals surface area contributed by atoms with Crippen LogP contribution in [-0.2, 0) is 4.79 Å². The third-order valence-electron chi connectivity index (χ3n) is 4.63. The summed E-state index contributed by atoms with van der Waals surface area (Å²) in [5.74, 6) is 2.13. The monoisotopic (exact) mass is 447 g/mol. The third kappa shape index (κ3) is 6.61. The first-order chi connectivity index (χ1) is 16.0. The van der Waals surface area contributed by atoms with Crippen LogP contribution in [0.2, 0.25) is 0 Å². The highest BCUT2D eigenvalue weighted by molar-refractivity contribution is 6.09. The Bertz CT molecular complexity index is 1180. The molecule has 1 N–H and O–H groups in total.